The highest BCUT2D eigenvalue weighted by molar-refractivity contribution is 5.95. The smallest absolute Gasteiger partial charge is 0.228 e. The molecule has 29 heavy (non-hydrogen) atoms. The van der Waals surface area contributed by atoms with Crippen LogP contribution in [0.15, 0.2) is 36.5 Å². The van der Waals surface area contributed by atoms with E-state index < -0.39 is 0 Å². The number of anilines is 1. The van der Waals surface area contributed by atoms with Gasteiger partial charge in [-0.3, -0.25) is 9.89 Å². The average molecular weight is 396 g/mol. The van der Waals surface area contributed by atoms with Gasteiger partial charge in [0.25, 0.3) is 0 Å². The number of benzene rings is 1. The average Bonchev–Trinajstić information content (AvgIpc) is 3.11. The van der Waals surface area contributed by atoms with E-state index in [-0.39, 0.29) is 24.5 Å². The Morgan fingerprint density at radius 2 is 2.21 bits per heavy atom. The van der Waals surface area contributed by atoms with Gasteiger partial charge in [0.05, 0.1) is 44.0 Å². The number of nitrogens with zero attached hydrogens (tertiary/aromatic N) is 2. The summed E-state index contributed by atoms with van der Waals surface area (Å²) in [5, 5.41) is 11.3. The molecule has 2 N–H and O–H groups in total. The Balaban J connectivity index is 1.53. The molecule has 1 fully saturated rings. The molecule has 1 unspecified atom stereocenters. The van der Waals surface area contributed by atoms with Crippen molar-refractivity contribution in [1.29, 1.82) is 0 Å². The Labute approximate surface area is 168 Å². The maximum atomic E-state index is 12.3. The second kappa shape index (κ2) is 8.59. The summed E-state index contributed by atoms with van der Waals surface area (Å²) in [6.07, 6.45) is 1.75. The highest BCUT2D eigenvalue weighted by Crippen LogP contribution is 2.30. The molecule has 4 rings (SSSR count). The number of rotatable bonds is 6. The Morgan fingerprint density at radius 1 is 1.31 bits per heavy atom. The highest BCUT2D eigenvalue weighted by atomic mass is 16.6. The minimum atomic E-state index is -0.221. The van der Waals surface area contributed by atoms with Crippen molar-refractivity contribution in [2.45, 2.75) is 32.5 Å². The van der Waals surface area contributed by atoms with Crippen LogP contribution >= 0.6 is 0 Å². The number of ether oxygens (including phenoxy) is 3. The Kier molecular flexibility index (Phi) is 5.73. The van der Waals surface area contributed by atoms with Crippen molar-refractivity contribution in [3.8, 4) is 17.0 Å². The quantitative estimate of drug-likeness (QED) is 0.664. The van der Waals surface area contributed by atoms with Gasteiger partial charge in [0.1, 0.15) is 17.3 Å². The van der Waals surface area contributed by atoms with Crippen molar-refractivity contribution in [2.24, 2.45) is 0 Å². The molecule has 152 valence electrons. The fraction of sp³-hybridized carbons (Fsp3) is 0.381. The number of carbonyl (C=O) groups is 1. The van der Waals surface area contributed by atoms with Crippen molar-refractivity contribution in [3.05, 3.63) is 36.5 Å². The van der Waals surface area contributed by atoms with E-state index in [4.69, 9.17) is 14.2 Å². The molecule has 8 heteroatoms. The molecule has 0 aliphatic carbocycles. The lowest BCUT2D eigenvalue weighted by molar-refractivity contribution is -0.126. The fourth-order valence-corrected chi connectivity index (χ4v) is 3.26. The summed E-state index contributed by atoms with van der Waals surface area (Å²) >= 11 is 0. The van der Waals surface area contributed by atoms with Gasteiger partial charge < -0.3 is 19.5 Å². The Morgan fingerprint density at radius 3 is 3.00 bits per heavy atom. The van der Waals surface area contributed by atoms with Crippen molar-refractivity contribution < 1.29 is 19.0 Å². The van der Waals surface area contributed by atoms with E-state index in [9.17, 15) is 4.79 Å². The van der Waals surface area contributed by atoms with Crippen LogP contribution in [-0.2, 0) is 14.3 Å². The molecule has 3 heterocycles. The van der Waals surface area contributed by atoms with Crippen LogP contribution in [0, 0.1) is 0 Å². The molecule has 0 spiro atoms. The van der Waals surface area contributed by atoms with Gasteiger partial charge in [-0.2, -0.15) is 5.10 Å². The van der Waals surface area contributed by atoms with Crippen molar-refractivity contribution in [2.75, 3.05) is 25.1 Å². The lowest BCUT2D eigenvalue weighted by Crippen LogP contribution is -2.32. The number of hydrogen-bond acceptors (Lipinski definition) is 6. The van der Waals surface area contributed by atoms with Gasteiger partial charge in [-0.1, -0.05) is 0 Å². The summed E-state index contributed by atoms with van der Waals surface area (Å²) in [7, 11) is 0. The van der Waals surface area contributed by atoms with Crippen LogP contribution in [0.4, 0.5) is 5.82 Å². The van der Waals surface area contributed by atoms with Crippen molar-refractivity contribution in [1.82, 2.24) is 15.2 Å². The lowest BCUT2D eigenvalue weighted by atomic mass is 10.1. The second-order valence-electron chi connectivity index (χ2n) is 7.20. The maximum absolute atomic E-state index is 12.3. The molecule has 2 aromatic heterocycles. The first-order chi connectivity index (χ1) is 14.1. The van der Waals surface area contributed by atoms with Gasteiger partial charge in [0.15, 0.2) is 0 Å². The number of H-pyrrole nitrogens is 1. The zero-order valence-electron chi connectivity index (χ0n) is 16.5. The monoisotopic (exact) mass is 396 g/mol. The Bertz CT molecular complexity index is 995. The third-order valence-corrected chi connectivity index (χ3v) is 4.50. The number of amides is 1. The van der Waals surface area contributed by atoms with Crippen LogP contribution in [0.1, 0.15) is 20.3 Å². The molecule has 3 aromatic rings. The molecule has 1 atom stereocenters. The fourth-order valence-electron chi connectivity index (χ4n) is 3.26. The third-order valence-electron chi connectivity index (χ3n) is 4.50. The van der Waals surface area contributed by atoms with E-state index in [0.717, 1.165) is 27.9 Å². The highest BCUT2D eigenvalue weighted by Gasteiger charge is 2.19. The van der Waals surface area contributed by atoms with E-state index >= 15 is 0 Å². The van der Waals surface area contributed by atoms with E-state index in [0.29, 0.717) is 25.6 Å². The normalized spacial score (nSPS) is 16.9. The summed E-state index contributed by atoms with van der Waals surface area (Å²) in [6.45, 7) is 5.50. The van der Waals surface area contributed by atoms with Gasteiger partial charge in [0, 0.05) is 17.1 Å². The number of nitrogens with one attached hydrogen (secondary N) is 2. The van der Waals surface area contributed by atoms with Crippen molar-refractivity contribution >= 4 is 22.6 Å². The number of fused-ring (bicyclic) bond motifs is 1. The third kappa shape index (κ3) is 4.72. The maximum Gasteiger partial charge on any atom is 0.228 e. The molecule has 8 nitrogen and oxygen atoms in total. The lowest BCUT2D eigenvalue weighted by Gasteiger charge is -2.22. The van der Waals surface area contributed by atoms with Gasteiger partial charge in [-0.25, -0.2) is 4.98 Å². The summed E-state index contributed by atoms with van der Waals surface area (Å²) in [5.74, 6) is 1.09. The SMILES string of the molecule is CC(C)Oc1ccc2[nH]nc(-c3ccnc(NC(=O)CC4COCCO4)c3)c2c1. The number of pyridine rings is 1. The van der Waals surface area contributed by atoms with Crippen molar-refractivity contribution in [3.63, 3.8) is 0 Å². The zero-order valence-corrected chi connectivity index (χ0v) is 16.5. The molecule has 1 saturated heterocycles. The first-order valence-corrected chi connectivity index (χ1v) is 9.69. The minimum Gasteiger partial charge on any atom is -0.491 e. The van der Waals surface area contributed by atoms with E-state index in [1.807, 2.05) is 44.2 Å². The zero-order chi connectivity index (χ0) is 20.2. The van der Waals surface area contributed by atoms with Crippen LogP contribution in [-0.4, -0.2) is 53.1 Å². The first kappa shape index (κ1) is 19.4. The molecule has 0 radical (unpaired) electrons. The predicted molar refractivity (Wildman–Crippen MR) is 109 cm³/mol. The summed E-state index contributed by atoms with van der Waals surface area (Å²) in [6, 6.07) is 9.49. The number of hydrogen-bond donors (Lipinski definition) is 2. The standard InChI is InChI=1S/C21H24N4O4/c1-13(2)29-15-3-4-18-17(10-15)21(25-24-18)14-5-6-22-19(9-14)23-20(26)11-16-12-27-7-8-28-16/h3-6,9-10,13,16H,7-8,11-12H2,1-2H3,(H,24,25)(H,22,23,26). The van der Waals surface area contributed by atoms with Gasteiger partial charge >= 0.3 is 0 Å². The Hall–Kier alpha value is -2.97. The van der Waals surface area contributed by atoms with Crippen LogP contribution < -0.4 is 10.1 Å². The second-order valence-corrected chi connectivity index (χ2v) is 7.20. The topological polar surface area (TPSA) is 98.4 Å². The summed E-state index contributed by atoms with van der Waals surface area (Å²) in [5.41, 5.74) is 2.53. The minimum absolute atomic E-state index is 0.0871. The van der Waals surface area contributed by atoms with E-state index in [1.165, 1.54) is 0 Å². The van der Waals surface area contributed by atoms with Crippen LogP contribution in [0.5, 0.6) is 5.75 Å². The molecule has 1 aromatic carbocycles. The van der Waals surface area contributed by atoms with Crippen LogP contribution in [0.2, 0.25) is 0 Å². The van der Waals surface area contributed by atoms with Gasteiger partial charge in [-0.05, 0) is 44.2 Å². The summed E-state index contributed by atoms with van der Waals surface area (Å²) < 4.78 is 16.7. The summed E-state index contributed by atoms with van der Waals surface area (Å²) in [4.78, 5) is 16.6. The molecule has 0 saturated carbocycles. The molecule has 1 aliphatic heterocycles. The molecular weight excluding hydrogens is 372 g/mol. The molecule has 1 amide bonds. The number of carbonyl (C=O) groups excluding carboxylic acids is 1. The van der Waals surface area contributed by atoms with Crippen LogP contribution in [0.3, 0.4) is 0 Å². The molecule has 0 bridgehead atoms. The van der Waals surface area contributed by atoms with Gasteiger partial charge in [0.2, 0.25) is 5.91 Å². The van der Waals surface area contributed by atoms with Gasteiger partial charge in [-0.15, -0.1) is 0 Å². The predicted octanol–water partition coefficient (Wildman–Crippen LogP) is 3.16. The first-order valence-electron chi connectivity index (χ1n) is 9.69. The van der Waals surface area contributed by atoms with E-state index in [2.05, 4.69) is 20.5 Å². The molecule has 1 aliphatic rings. The molecular formula is C21H24N4O4. The number of aromatic amines is 1. The van der Waals surface area contributed by atoms with Crippen LogP contribution in [0.25, 0.3) is 22.2 Å². The largest absolute Gasteiger partial charge is 0.491 e. The number of aromatic nitrogens is 3. The van der Waals surface area contributed by atoms with E-state index in [1.54, 1.807) is 6.20 Å².